The Morgan fingerprint density at radius 1 is 0.606 bits per heavy atom. The van der Waals surface area contributed by atoms with Gasteiger partial charge in [-0.2, -0.15) is 0 Å². The summed E-state index contributed by atoms with van der Waals surface area (Å²) in [5.41, 5.74) is 11.4. The first-order valence-electron chi connectivity index (χ1n) is 12.1. The molecule has 1 heteroatoms. The summed E-state index contributed by atoms with van der Waals surface area (Å²) >= 11 is 0. The molecule has 0 heterocycles. The summed E-state index contributed by atoms with van der Waals surface area (Å²) < 4.78 is 0. The van der Waals surface area contributed by atoms with Gasteiger partial charge in [-0.25, -0.2) is 0 Å². The van der Waals surface area contributed by atoms with E-state index >= 15 is 0 Å². The molecule has 1 nitrogen and oxygen atoms in total. The molecular formula is C32H31N. The number of benzene rings is 4. The predicted octanol–water partition coefficient (Wildman–Crippen LogP) is 8.84. The molecule has 2 bridgehead atoms. The summed E-state index contributed by atoms with van der Waals surface area (Å²) in [6.45, 7) is 7.18. The van der Waals surface area contributed by atoms with E-state index in [0.717, 1.165) is 0 Å². The van der Waals surface area contributed by atoms with Gasteiger partial charge in [0.2, 0.25) is 0 Å². The van der Waals surface area contributed by atoms with Gasteiger partial charge < -0.3 is 4.90 Å². The molecule has 2 atom stereocenters. The van der Waals surface area contributed by atoms with E-state index in [4.69, 9.17) is 0 Å². The number of rotatable bonds is 4. The number of aryl methyl sites for hydroxylation is 1. The van der Waals surface area contributed by atoms with E-state index in [-0.39, 0.29) is 0 Å². The Bertz CT molecular complexity index is 1280. The van der Waals surface area contributed by atoms with Crippen molar-refractivity contribution < 1.29 is 0 Å². The molecule has 0 N–H and O–H groups in total. The normalized spacial score (nSPS) is 22.9. The fraction of sp³-hybridized carbons (Fsp3) is 0.250. The number of hydrogen-bond acceptors (Lipinski definition) is 1. The van der Waals surface area contributed by atoms with Gasteiger partial charge in [0.1, 0.15) is 0 Å². The van der Waals surface area contributed by atoms with E-state index in [9.17, 15) is 0 Å². The highest BCUT2D eigenvalue weighted by Crippen LogP contribution is 2.60. The monoisotopic (exact) mass is 429 g/mol. The maximum atomic E-state index is 2.49. The number of para-hydroxylation sites is 2. The van der Waals surface area contributed by atoms with Crippen molar-refractivity contribution in [2.24, 2.45) is 0 Å². The quantitative estimate of drug-likeness (QED) is 0.313. The van der Waals surface area contributed by atoms with Crippen molar-refractivity contribution in [3.63, 3.8) is 0 Å². The minimum absolute atomic E-state index is 0.353. The van der Waals surface area contributed by atoms with Crippen LogP contribution in [0.15, 0.2) is 97.1 Å². The number of anilines is 3. The van der Waals surface area contributed by atoms with E-state index in [1.165, 1.54) is 53.0 Å². The van der Waals surface area contributed by atoms with Crippen LogP contribution in [0.4, 0.5) is 17.1 Å². The topological polar surface area (TPSA) is 3.24 Å². The maximum absolute atomic E-state index is 2.49. The summed E-state index contributed by atoms with van der Waals surface area (Å²) in [6, 6.07) is 35.4. The smallest absolute Gasteiger partial charge is 0.0464 e. The lowest BCUT2D eigenvalue weighted by Gasteiger charge is -2.28. The van der Waals surface area contributed by atoms with Crippen molar-refractivity contribution in [2.75, 3.05) is 4.90 Å². The molecule has 0 saturated heterocycles. The molecule has 2 aliphatic rings. The molecule has 164 valence electrons. The number of fused-ring (bicyclic) bond motifs is 5. The first kappa shape index (κ1) is 20.3. The third kappa shape index (κ3) is 3.22. The minimum Gasteiger partial charge on any atom is -0.310 e. The first-order valence-corrected chi connectivity index (χ1v) is 12.1. The van der Waals surface area contributed by atoms with E-state index in [1.54, 1.807) is 11.1 Å². The lowest BCUT2D eigenvalue weighted by Crippen LogP contribution is -2.17. The Morgan fingerprint density at radius 2 is 1.21 bits per heavy atom. The third-order valence-electron chi connectivity index (χ3n) is 8.14. The number of hydrogen-bond donors (Lipinski definition) is 0. The highest BCUT2D eigenvalue weighted by Gasteiger charge is 2.52. The second kappa shape index (κ2) is 7.35. The summed E-state index contributed by atoms with van der Waals surface area (Å²) in [4.78, 5) is 2.33. The van der Waals surface area contributed by atoms with Gasteiger partial charge in [0.25, 0.3) is 0 Å². The van der Waals surface area contributed by atoms with Crippen LogP contribution in [-0.4, -0.2) is 0 Å². The SMILES string of the molecule is Cc1cc(N(c2ccccc2)c2ccccc2)ccc1-c1ccc2c(c1)C1(C)CCC2(C)C1. The van der Waals surface area contributed by atoms with Gasteiger partial charge in [0, 0.05) is 17.1 Å². The van der Waals surface area contributed by atoms with Crippen LogP contribution >= 0.6 is 0 Å². The molecule has 0 amide bonds. The van der Waals surface area contributed by atoms with Crippen molar-refractivity contribution in [3.05, 3.63) is 114 Å². The van der Waals surface area contributed by atoms with Crippen LogP contribution in [0.3, 0.4) is 0 Å². The van der Waals surface area contributed by atoms with E-state index in [2.05, 4.69) is 123 Å². The van der Waals surface area contributed by atoms with Crippen LogP contribution in [0.2, 0.25) is 0 Å². The lowest BCUT2D eigenvalue weighted by atomic mass is 9.77. The third-order valence-corrected chi connectivity index (χ3v) is 8.14. The standard InChI is InChI=1S/C32H31N/c1-23-20-27(33(25-10-6-4-7-11-25)26-12-8-5-9-13-26)15-16-28(23)24-14-17-29-30(21-24)32(3)19-18-31(29,2)22-32/h4-17,20-21H,18-19,22H2,1-3H3. The Morgan fingerprint density at radius 3 is 1.82 bits per heavy atom. The molecule has 33 heavy (non-hydrogen) atoms. The average molecular weight is 430 g/mol. The van der Waals surface area contributed by atoms with Crippen LogP contribution in [0, 0.1) is 6.92 Å². The minimum atomic E-state index is 0.353. The molecule has 2 aliphatic carbocycles. The predicted molar refractivity (Wildman–Crippen MR) is 140 cm³/mol. The summed E-state index contributed by atoms with van der Waals surface area (Å²) in [7, 11) is 0. The summed E-state index contributed by atoms with van der Waals surface area (Å²) in [6.07, 6.45) is 3.96. The van der Waals surface area contributed by atoms with Crippen molar-refractivity contribution in [1.82, 2.24) is 0 Å². The first-order chi connectivity index (χ1) is 16.0. The zero-order valence-corrected chi connectivity index (χ0v) is 19.8. The second-order valence-corrected chi connectivity index (χ2v) is 10.6. The van der Waals surface area contributed by atoms with Crippen molar-refractivity contribution >= 4 is 17.1 Å². The summed E-state index contributed by atoms with van der Waals surface area (Å²) in [5, 5.41) is 0. The van der Waals surface area contributed by atoms with Crippen LogP contribution in [0.25, 0.3) is 11.1 Å². The molecule has 0 aromatic heterocycles. The molecule has 4 aromatic rings. The Balaban J connectivity index is 1.42. The molecule has 0 aliphatic heterocycles. The molecule has 2 unspecified atom stereocenters. The van der Waals surface area contributed by atoms with Crippen LogP contribution in [-0.2, 0) is 10.8 Å². The highest BCUT2D eigenvalue weighted by atomic mass is 15.1. The molecule has 6 rings (SSSR count). The van der Waals surface area contributed by atoms with Gasteiger partial charge in [0.05, 0.1) is 0 Å². The molecule has 0 radical (unpaired) electrons. The molecule has 1 fully saturated rings. The fourth-order valence-corrected chi connectivity index (χ4v) is 6.50. The highest BCUT2D eigenvalue weighted by molar-refractivity contribution is 5.80. The van der Waals surface area contributed by atoms with Crippen molar-refractivity contribution in [1.29, 1.82) is 0 Å². The van der Waals surface area contributed by atoms with Gasteiger partial charge in [-0.1, -0.05) is 74.5 Å². The maximum Gasteiger partial charge on any atom is 0.0464 e. The van der Waals surface area contributed by atoms with E-state index in [1.807, 2.05) is 0 Å². The zero-order valence-electron chi connectivity index (χ0n) is 19.8. The fourth-order valence-electron chi connectivity index (χ4n) is 6.50. The van der Waals surface area contributed by atoms with Crippen molar-refractivity contribution in [3.8, 4) is 11.1 Å². The average Bonchev–Trinajstić information content (AvgIpc) is 3.28. The van der Waals surface area contributed by atoms with E-state index in [0.29, 0.717) is 10.8 Å². The molecule has 0 spiro atoms. The van der Waals surface area contributed by atoms with Crippen LogP contribution < -0.4 is 4.90 Å². The number of nitrogens with zero attached hydrogens (tertiary/aromatic N) is 1. The lowest BCUT2D eigenvalue weighted by molar-refractivity contribution is 0.484. The van der Waals surface area contributed by atoms with Gasteiger partial charge in [-0.15, -0.1) is 0 Å². The second-order valence-electron chi connectivity index (χ2n) is 10.6. The zero-order chi connectivity index (χ0) is 22.6. The van der Waals surface area contributed by atoms with Gasteiger partial charge >= 0.3 is 0 Å². The van der Waals surface area contributed by atoms with Crippen molar-refractivity contribution in [2.45, 2.75) is 50.9 Å². The largest absolute Gasteiger partial charge is 0.310 e. The van der Waals surface area contributed by atoms with E-state index < -0.39 is 0 Å². The molecule has 1 saturated carbocycles. The van der Waals surface area contributed by atoms with Gasteiger partial charge in [-0.3, -0.25) is 0 Å². The Labute approximate surface area is 197 Å². The molecular weight excluding hydrogens is 398 g/mol. The molecule has 4 aromatic carbocycles. The van der Waals surface area contributed by atoms with Gasteiger partial charge in [0.15, 0.2) is 0 Å². The van der Waals surface area contributed by atoms with Gasteiger partial charge in [-0.05, 0) is 101 Å². The summed E-state index contributed by atoms with van der Waals surface area (Å²) in [5.74, 6) is 0. The van der Waals surface area contributed by atoms with Crippen LogP contribution in [0.1, 0.15) is 49.8 Å². The Hall–Kier alpha value is -3.32. The Kier molecular flexibility index (Phi) is 4.52. The van der Waals surface area contributed by atoms with Crippen LogP contribution in [0.5, 0.6) is 0 Å².